The molecule has 0 aliphatic rings. The number of carbonyl (C=O) groups is 1. The van der Waals surface area contributed by atoms with Crippen molar-refractivity contribution >= 4 is 16.7 Å². The number of ether oxygens (including phenoxy) is 1. The van der Waals surface area contributed by atoms with E-state index in [9.17, 15) is 4.79 Å². The molecule has 2 nitrogen and oxygen atoms in total. The monoisotopic (exact) mass is 210 g/mol. The van der Waals surface area contributed by atoms with Crippen LogP contribution in [0.4, 0.5) is 0 Å². The van der Waals surface area contributed by atoms with E-state index in [0.29, 0.717) is 11.1 Å². The molecule has 2 rings (SSSR count). The van der Waals surface area contributed by atoms with Crippen molar-refractivity contribution in [2.45, 2.75) is 0 Å². The number of hydrogen-bond acceptors (Lipinski definition) is 2. The second-order valence-electron chi connectivity index (χ2n) is 3.35. The van der Waals surface area contributed by atoms with Crippen molar-refractivity contribution in [3.63, 3.8) is 0 Å². The van der Waals surface area contributed by atoms with Gasteiger partial charge in [0.2, 0.25) is 0 Å². The highest BCUT2D eigenvalue weighted by atomic mass is 16.5. The van der Waals surface area contributed by atoms with Gasteiger partial charge in [0.1, 0.15) is 0 Å². The first-order valence-corrected chi connectivity index (χ1v) is 4.84. The summed E-state index contributed by atoms with van der Waals surface area (Å²) in [5.74, 6) is 2.10. The normalized spacial score (nSPS) is 9.75. The summed E-state index contributed by atoms with van der Waals surface area (Å²) in [4.78, 5) is 11.7. The second kappa shape index (κ2) is 4.08. The molecule has 2 aromatic carbocycles. The molecular formula is C14H10O2. The van der Waals surface area contributed by atoms with Gasteiger partial charge < -0.3 is 4.74 Å². The number of benzene rings is 2. The molecule has 0 amide bonds. The van der Waals surface area contributed by atoms with Crippen LogP contribution in [0, 0.1) is 12.3 Å². The van der Waals surface area contributed by atoms with Crippen LogP contribution in [0.1, 0.15) is 15.9 Å². The molecule has 16 heavy (non-hydrogen) atoms. The zero-order chi connectivity index (χ0) is 11.5. The summed E-state index contributed by atoms with van der Waals surface area (Å²) in [6.45, 7) is 0. The van der Waals surface area contributed by atoms with Crippen LogP contribution >= 0.6 is 0 Å². The fraction of sp³-hybridized carbons (Fsp3) is 0.0714. The fourth-order valence-electron chi connectivity index (χ4n) is 1.71. The molecule has 2 aromatic rings. The third-order valence-corrected chi connectivity index (χ3v) is 2.47. The van der Waals surface area contributed by atoms with Crippen LogP contribution in [-0.2, 0) is 4.74 Å². The summed E-state index contributed by atoms with van der Waals surface area (Å²) < 4.78 is 4.75. The first-order chi connectivity index (χ1) is 7.77. The van der Waals surface area contributed by atoms with E-state index in [0.717, 1.165) is 10.8 Å². The molecule has 0 spiro atoms. The maximum absolute atomic E-state index is 11.7. The van der Waals surface area contributed by atoms with Crippen molar-refractivity contribution in [2.75, 3.05) is 7.11 Å². The second-order valence-corrected chi connectivity index (χ2v) is 3.35. The SMILES string of the molecule is C#Cc1ccc2ccccc2c1C(=O)OC. The van der Waals surface area contributed by atoms with Crippen molar-refractivity contribution in [3.8, 4) is 12.3 Å². The molecule has 78 valence electrons. The van der Waals surface area contributed by atoms with E-state index in [2.05, 4.69) is 5.92 Å². The summed E-state index contributed by atoms with van der Waals surface area (Å²) in [5.41, 5.74) is 1.02. The van der Waals surface area contributed by atoms with E-state index in [1.165, 1.54) is 7.11 Å². The number of fused-ring (bicyclic) bond motifs is 1. The molecule has 0 saturated heterocycles. The minimum absolute atomic E-state index is 0.398. The smallest absolute Gasteiger partial charge is 0.339 e. The first kappa shape index (κ1) is 10.3. The average molecular weight is 210 g/mol. The van der Waals surface area contributed by atoms with Gasteiger partial charge in [-0.25, -0.2) is 4.79 Å². The molecule has 0 saturated carbocycles. The van der Waals surface area contributed by atoms with Crippen LogP contribution in [0.5, 0.6) is 0 Å². The molecule has 0 fully saturated rings. The summed E-state index contributed by atoms with van der Waals surface area (Å²) in [6, 6.07) is 11.2. The fourth-order valence-corrected chi connectivity index (χ4v) is 1.71. The first-order valence-electron chi connectivity index (χ1n) is 4.84. The van der Waals surface area contributed by atoms with Crippen molar-refractivity contribution in [1.82, 2.24) is 0 Å². The van der Waals surface area contributed by atoms with E-state index in [1.807, 2.05) is 30.3 Å². The minimum Gasteiger partial charge on any atom is -0.465 e. The van der Waals surface area contributed by atoms with Gasteiger partial charge in [0.25, 0.3) is 0 Å². The highest BCUT2D eigenvalue weighted by Gasteiger charge is 2.14. The van der Waals surface area contributed by atoms with Gasteiger partial charge in [0.05, 0.1) is 12.7 Å². The van der Waals surface area contributed by atoms with Crippen LogP contribution in [0.25, 0.3) is 10.8 Å². The van der Waals surface area contributed by atoms with Gasteiger partial charge in [-0.05, 0) is 16.8 Å². The van der Waals surface area contributed by atoms with E-state index in [-0.39, 0.29) is 0 Å². The molecule has 0 radical (unpaired) electrons. The standard InChI is InChI=1S/C14H10O2/c1-3-10-8-9-11-6-4-5-7-12(11)13(10)14(15)16-2/h1,4-9H,2H3. The van der Waals surface area contributed by atoms with E-state index in [1.54, 1.807) is 6.07 Å². The number of esters is 1. The molecule has 0 bridgehead atoms. The Morgan fingerprint density at radius 1 is 1.25 bits per heavy atom. The molecule has 2 heteroatoms. The Morgan fingerprint density at radius 2 is 2.00 bits per heavy atom. The van der Waals surface area contributed by atoms with Gasteiger partial charge in [-0.1, -0.05) is 36.3 Å². The lowest BCUT2D eigenvalue weighted by molar-refractivity contribution is 0.0602. The zero-order valence-corrected chi connectivity index (χ0v) is 8.86. The molecule has 0 N–H and O–H groups in total. The largest absolute Gasteiger partial charge is 0.465 e. The maximum Gasteiger partial charge on any atom is 0.339 e. The van der Waals surface area contributed by atoms with Gasteiger partial charge in [-0.2, -0.15) is 0 Å². The number of hydrogen-bond donors (Lipinski definition) is 0. The molecule has 0 unspecified atom stereocenters. The summed E-state index contributed by atoms with van der Waals surface area (Å²) in [7, 11) is 1.35. The quantitative estimate of drug-likeness (QED) is 0.534. The minimum atomic E-state index is -0.398. The number of rotatable bonds is 1. The van der Waals surface area contributed by atoms with Crippen molar-refractivity contribution in [3.05, 3.63) is 47.5 Å². The third kappa shape index (κ3) is 1.53. The van der Waals surface area contributed by atoms with Gasteiger partial charge in [0.15, 0.2) is 0 Å². The Hall–Kier alpha value is -2.27. The van der Waals surface area contributed by atoms with Gasteiger partial charge in [-0.15, -0.1) is 6.42 Å². The number of terminal acetylenes is 1. The summed E-state index contributed by atoms with van der Waals surface area (Å²) in [6.07, 6.45) is 5.38. The van der Waals surface area contributed by atoms with Crippen LogP contribution in [0.2, 0.25) is 0 Å². The van der Waals surface area contributed by atoms with Crippen molar-refractivity contribution in [1.29, 1.82) is 0 Å². The lowest BCUT2D eigenvalue weighted by Crippen LogP contribution is -2.05. The Labute approximate surface area is 93.8 Å². The number of methoxy groups -OCH3 is 1. The average Bonchev–Trinajstić information content (AvgIpc) is 2.36. The van der Waals surface area contributed by atoms with Crippen LogP contribution in [0.3, 0.4) is 0 Å². The van der Waals surface area contributed by atoms with Crippen LogP contribution in [0.15, 0.2) is 36.4 Å². The Balaban J connectivity index is 2.85. The Bertz CT molecular complexity index is 591. The van der Waals surface area contributed by atoms with Crippen molar-refractivity contribution in [2.24, 2.45) is 0 Å². The van der Waals surface area contributed by atoms with Crippen molar-refractivity contribution < 1.29 is 9.53 Å². The van der Waals surface area contributed by atoms with Gasteiger partial charge in [0, 0.05) is 5.56 Å². The predicted octanol–water partition coefficient (Wildman–Crippen LogP) is 2.61. The summed E-state index contributed by atoms with van der Waals surface area (Å²) in [5, 5.41) is 1.80. The molecule has 0 atom stereocenters. The Kier molecular flexibility index (Phi) is 2.61. The van der Waals surface area contributed by atoms with Crippen LogP contribution < -0.4 is 0 Å². The third-order valence-electron chi connectivity index (χ3n) is 2.47. The highest BCUT2D eigenvalue weighted by molar-refractivity contribution is 6.06. The molecular weight excluding hydrogens is 200 g/mol. The maximum atomic E-state index is 11.7. The van der Waals surface area contributed by atoms with Gasteiger partial charge in [-0.3, -0.25) is 0 Å². The van der Waals surface area contributed by atoms with E-state index in [4.69, 9.17) is 11.2 Å². The molecule has 0 aliphatic carbocycles. The lowest BCUT2D eigenvalue weighted by Gasteiger charge is -2.07. The summed E-state index contributed by atoms with van der Waals surface area (Å²) >= 11 is 0. The Morgan fingerprint density at radius 3 is 2.69 bits per heavy atom. The van der Waals surface area contributed by atoms with Gasteiger partial charge >= 0.3 is 5.97 Å². The van der Waals surface area contributed by atoms with Crippen LogP contribution in [-0.4, -0.2) is 13.1 Å². The predicted molar refractivity (Wildman–Crippen MR) is 63.2 cm³/mol. The molecule has 0 heterocycles. The van der Waals surface area contributed by atoms with E-state index >= 15 is 0 Å². The van der Waals surface area contributed by atoms with E-state index < -0.39 is 5.97 Å². The lowest BCUT2D eigenvalue weighted by atomic mass is 9.99. The zero-order valence-electron chi connectivity index (χ0n) is 8.86. The molecule has 0 aromatic heterocycles. The molecule has 0 aliphatic heterocycles. The highest BCUT2D eigenvalue weighted by Crippen LogP contribution is 2.22. The topological polar surface area (TPSA) is 26.3 Å². The number of carbonyl (C=O) groups excluding carboxylic acids is 1.